The first-order valence-corrected chi connectivity index (χ1v) is 9.49. The summed E-state index contributed by atoms with van der Waals surface area (Å²) in [6.45, 7) is 8.32. The van der Waals surface area contributed by atoms with Crippen LogP contribution in [0.4, 0.5) is 11.4 Å². The monoisotopic (exact) mass is 385 g/mol. The van der Waals surface area contributed by atoms with Gasteiger partial charge in [0.15, 0.2) is 0 Å². The Morgan fingerprint density at radius 1 is 0.759 bits per heavy atom. The van der Waals surface area contributed by atoms with E-state index in [0.717, 1.165) is 11.4 Å². The molecule has 1 N–H and O–H groups in total. The average Bonchev–Trinajstić information content (AvgIpc) is 3.16. The van der Waals surface area contributed by atoms with E-state index < -0.39 is 0 Å². The highest BCUT2D eigenvalue weighted by Crippen LogP contribution is 2.32. The van der Waals surface area contributed by atoms with Gasteiger partial charge >= 0.3 is 0 Å². The zero-order valence-corrected chi connectivity index (χ0v) is 17.0. The molecule has 4 aromatic rings. The van der Waals surface area contributed by atoms with E-state index in [9.17, 15) is 0 Å². The van der Waals surface area contributed by atoms with E-state index in [4.69, 9.17) is 4.52 Å². The predicted octanol–water partition coefficient (Wildman–Crippen LogP) is 5.21. The molecule has 2 aromatic carbocycles. The molecule has 29 heavy (non-hydrogen) atoms. The maximum absolute atomic E-state index is 4.96. The normalized spacial score (nSPS) is 11.4. The lowest BCUT2D eigenvalue weighted by atomic mass is 9.78. The Morgan fingerprint density at radius 3 is 1.90 bits per heavy atom. The number of hydrogen-bond acceptors (Lipinski definition) is 6. The van der Waals surface area contributed by atoms with Gasteiger partial charge in [0, 0.05) is 18.0 Å². The fourth-order valence-corrected chi connectivity index (χ4v) is 3.17. The Hall–Kier alpha value is -3.54. The van der Waals surface area contributed by atoms with Crippen LogP contribution in [0.3, 0.4) is 0 Å². The number of nitrogens with zero attached hydrogens (tertiary/aromatic N) is 4. The lowest BCUT2D eigenvalue weighted by Crippen LogP contribution is -2.18. The standard InChI is InChI=1S/C23H23N5O/c1-15-5-7-17(8-6-15)23(3,4)18-9-11-19(12-10-18)27-20-13-24-21(25-14-20)22-26-16(2)29-28-22/h5-14,27H,1-4H3. The summed E-state index contributed by atoms with van der Waals surface area (Å²) in [5, 5.41) is 7.15. The van der Waals surface area contributed by atoms with E-state index in [0.29, 0.717) is 17.5 Å². The molecular formula is C23H23N5O. The van der Waals surface area contributed by atoms with Gasteiger partial charge in [-0.3, -0.25) is 0 Å². The second-order valence-electron chi connectivity index (χ2n) is 7.63. The molecule has 6 heteroatoms. The number of anilines is 2. The maximum Gasteiger partial charge on any atom is 0.240 e. The second-order valence-corrected chi connectivity index (χ2v) is 7.63. The smallest absolute Gasteiger partial charge is 0.240 e. The molecule has 0 saturated heterocycles. The highest BCUT2D eigenvalue weighted by Gasteiger charge is 2.22. The number of aryl methyl sites for hydroxylation is 2. The minimum absolute atomic E-state index is 0.0697. The summed E-state index contributed by atoms with van der Waals surface area (Å²) >= 11 is 0. The van der Waals surface area contributed by atoms with Crippen LogP contribution in [0.1, 0.15) is 36.4 Å². The van der Waals surface area contributed by atoms with Crippen molar-refractivity contribution in [2.24, 2.45) is 0 Å². The molecule has 0 aliphatic rings. The quantitative estimate of drug-likeness (QED) is 0.508. The van der Waals surface area contributed by atoms with Gasteiger partial charge in [0.05, 0.1) is 18.1 Å². The molecule has 0 aliphatic carbocycles. The van der Waals surface area contributed by atoms with Crippen LogP contribution in [0.25, 0.3) is 11.6 Å². The van der Waals surface area contributed by atoms with Crippen LogP contribution >= 0.6 is 0 Å². The summed E-state index contributed by atoms with van der Waals surface area (Å²) in [7, 11) is 0. The summed E-state index contributed by atoms with van der Waals surface area (Å²) in [6, 6.07) is 17.2. The van der Waals surface area contributed by atoms with Crippen LogP contribution in [-0.4, -0.2) is 20.1 Å². The van der Waals surface area contributed by atoms with Gasteiger partial charge in [-0.1, -0.05) is 61.0 Å². The summed E-state index contributed by atoms with van der Waals surface area (Å²) in [5.74, 6) is 1.30. The third-order valence-electron chi connectivity index (χ3n) is 5.05. The van der Waals surface area contributed by atoms with Crippen molar-refractivity contribution >= 4 is 11.4 Å². The molecule has 0 atom stereocenters. The van der Waals surface area contributed by atoms with Gasteiger partial charge in [-0.15, -0.1) is 0 Å². The Balaban J connectivity index is 1.48. The first kappa shape index (κ1) is 18.8. The SMILES string of the molecule is Cc1ccc(C(C)(C)c2ccc(Nc3cnc(-c4noc(C)n4)nc3)cc2)cc1. The lowest BCUT2D eigenvalue weighted by molar-refractivity contribution is 0.394. The molecule has 2 aromatic heterocycles. The topological polar surface area (TPSA) is 76.7 Å². The van der Waals surface area contributed by atoms with E-state index >= 15 is 0 Å². The Labute approximate surface area is 170 Å². The van der Waals surface area contributed by atoms with Crippen molar-refractivity contribution in [1.29, 1.82) is 0 Å². The number of nitrogens with one attached hydrogen (secondary N) is 1. The molecule has 4 rings (SSSR count). The van der Waals surface area contributed by atoms with Crippen LogP contribution < -0.4 is 5.32 Å². The van der Waals surface area contributed by atoms with Crippen molar-refractivity contribution < 1.29 is 4.52 Å². The molecule has 6 nitrogen and oxygen atoms in total. The van der Waals surface area contributed by atoms with Gasteiger partial charge in [0.2, 0.25) is 17.5 Å². The molecule has 0 radical (unpaired) electrons. The number of benzene rings is 2. The maximum atomic E-state index is 4.96. The van der Waals surface area contributed by atoms with Crippen molar-refractivity contribution in [2.75, 3.05) is 5.32 Å². The Kier molecular flexibility index (Phi) is 4.84. The molecule has 0 bridgehead atoms. The lowest BCUT2D eigenvalue weighted by Gasteiger charge is -2.26. The van der Waals surface area contributed by atoms with Crippen LogP contribution in [0, 0.1) is 13.8 Å². The number of hydrogen-bond donors (Lipinski definition) is 1. The van der Waals surface area contributed by atoms with E-state index in [1.165, 1.54) is 16.7 Å². The fraction of sp³-hybridized carbons (Fsp3) is 0.217. The van der Waals surface area contributed by atoms with Gasteiger partial charge in [0.25, 0.3) is 0 Å². The summed E-state index contributed by atoms with van der Waals surface area (Å²) in [6.07, 6.45) is 3.41. The van der Waals surface area contributed by atoms with Crippen molar-refractivity contribution in [3.8, 4) is 11.6 Å². The minimum Gasteiger partial charge on any atom is -0.353 e. The van der Waals surface area contributed by atoms with Crippen molar-refractivity contribution in [1.82, 2.24) is 20.1 Å². The zero-order chi connectivity index (χ0) is 20.4. The Bertz CT molecular complexity index is 1100. The molecule has 0 amide bonds. The van der Waals surface area contributed by atoms with Crippen molar-refractivity contribution in [2.45, 2.75) is 33.1 Å². The van der Waals surface area contributed by atoms with Crippen molar-refractivity contribution in [3.63, 3.8) is 0 Å². The van der Waals surface area contributed by atoms with Crippen molar-refractivity contribution in [3.05, 3.63) is 83.5 Å². The van der Waals surface area contributed by atoms with E-state index in [1.54, 1.807) is 19.3 Å². The average molecular weight is 385 g/mol. The molecule has 0 unspecified atom stereocenters. The molecule has 0 fully saturated rings. The van der Waals surface area contributed by atoms with Gasteiger partial charge in [-0.25, -0.2) is 9.97 Å². The summed E-state index contributed by atoms with van der Waals surface area (Å²) in [4.78, 5) is 12.7. The van der Waals surface area contributed by atoms with Crippen LogP contribution in [0.15, 0.2) is 65.4 Å². The largest absolute Gasteiger partial charge is 0.353 e. The predicted molar refractivity (Wildman–Crippen MR) is 113 cm³/mol. The van der Waals surface area contributed by atoms with E-state index in [-0.39, 0.29) is 5.41 Å². The van der Waals surface area contributed by atoms with Gasteiger partial charge in [-0.2, -0.15) is 4.98 Å². The first-order chi connectivity index (χ1) is 13.9. The zero-order valence-electron chi connectivity index (χ0n) is 17.0. The molecule has 0 saturated carbocycles. The van der Waals surface area contributed by atoms with Gasteiger partial charge < -0.3 is 9.84 Å². The number of aromatic nitrogens is 4. The first-order valence-electron chi connectivity index (χ1n) is 9.49. The molecule has 0 spiro atoms. The molecular weight excluding hydrogens is 362 g/mol. The van der Waals surface area contributed by atoms with E-state index in [2.05, 4.69) is 94.7 Å². The highest BCUT2D eigenvalue weighted by molar-refractivity contribution is 5.60. The fourth-order valence-electron chi connectivity index (χ4n) is 3.17. The second kappa shape index (κ2) is 7.47. The third-order valence-corrected chi connectivity index (χ3v) is 5.05. The highest BCUT2D eigenvalue weighted by atomic mass is 16.5. The molecule has 2 heterocycles. The van der Waals surface area contributed by atoms with E-state index in [1.807, 2.05) is 0 Å². The summed E-state index contributed by atoms with van der Waals surface area (Å²) in [5.41, 5.74) is 5.52. The molecule has 146 valence electrons. The van der Waals surface area contributed by atoms with Gasteiger partial charge in [-0.05, 0) is 30.2 Å². The minimum atomic E-state index is -0.0697. The van der Waals surface area contributed by atoms with Crippen LogP contribution in [0.2, 0.25) is 0 Å². The number of rotatable bonds is 5. The molecule has 0 aliphatic heterocycles. The van der Waals surface area contributed by atoms with Crippen LogP contribution in [-0.2, 0) is 5.41 Å². The van der Waals surface area contributed by atoms with Crippen LogP contribution in [0.5, 0.6) is 0 Å². The Morgan fingerprint density at radius 2 is 1.34 bits per heavy atom. The van der Waals surface area contributed by atoms with Gasteiger partial charge in [0.1, 0.15) is 0 Å². The third kappa shape index (κ3) is 4.01. The summed E-state index contributed by atoms with van der Waals surface area (Å²) < 4.78 is 4.96.